The van der Waals surface area contributed by atoms with Gasteiger partial charge in [-0.15, -0.1) is 0 Å². The molecule has 3 heteroatoms. The molecule has 0 heterocycles. The largest absolute Gasteiger partial charge is 0.480 e. The Balaban J connectivity index is 2.03. The molecular weight excluding hydrogens is 202 g/mol. The van der Waals surface area contributed by atoms with Gasteiger partial charge in [0.1, 0.15) is 5.54 Å². The molecule has 0 aliphatic heterocycles. The number of carboxylic acids is 1. The molecule has 3 nitrogen and oxygen atoms in total. The molecule has 1 atom stereocenters. The van der Waals surface area contributed by atoms with Crippen LogP contribution in [0.25, 0.3) is 0 Å². The summed E-state index contributed by atoms with van der Waals surface area (Å²) in [6.45, 7) is 2.15. The van der Waals surface area contributed by atoms with Crippen LogP contribution in [0, 0.1) is 5.92 Å². The van der Waals surface area contributed by atoms with Crippen molar-refractivity contribution in [3.63, 3.8) is 0 Å². The van der Waals surface area contributed by atoms with Gasteiger partial charge >= 0.3 is 5.97 Å². The van der Waals surface area contributed by atoms with E-state index in [-0.39, 0.29) is 0 Å². The number of nitrogens with one attached hydrogen (secondary N) is 1. The summed E-state index contributed by atoms with van der Waals surface area (Å²) in [6, 6.07) is 0.370. The van der Waals surface area contributed by atoms with Crippen molar-refractivity contribution in [1.82, 2.24) is 5.32 Å². The molecule has 2 N–H and O–H groups in total. The quantitative estimate of drug-likeness (QED) is 0.723. The lowest BCUT2D eigenvalue weighted by molar-refractivity contribution is -0.146. The van der Waals surface area contributed by atoms with Crippen molar-refractivity contribution in [3.8, 4) is 0 Å². The molecule has 0 aromatic rings. The fourth-order valence-corrected chi connectivity index (χ4v) is 2.90. The summed E-state index contributed by atoms with van der Waals surface area (Å²) in [6.07, 6.45) is 8.63. The summed E-state index contributed by atoms with van der Waals surface area (Å²) in [5, 5.41) is 12.9. The molecule has 0 aromatic heterocycles. The summed E-state index contributed by atoms with van der Waals surface area (Å²) in [5.41, 5.74) is -0.626. The van der Waals surface area contributed by atoms with Gasteiger partial charge in [-0.3, -0.25) is 10.1 Å². The number of hydrogen-bond donors (Lipinski definition) is 2. The van der Waals surface area contributed by atoms with Crippen molar-refractivity contribution >= 4 is 5.97 Å². The van der Waals surface area contributed by atoms with Gasteiger partial charge in [-0.1, -0.05) is 25.7 Å². The van der Waals surface area contributed by atoms with Gasteiger partial charge in [0.25, 0.3) is 0 Å². The third-order valence-electron chi connectivity index (χ3n) is 4.20. The molecule has 16 heavy (non-hydrogen) atoms. The standard InChI is InChI=1S/C13H23NO2/c1-10(11-6-7-11)14-13(12(15)16)8-4-2-3-5-9-13/h10-11,14H,2-9H2,1H3,(H,15,16). The maximum Gasteiger partial charge on any atom is 0.323 e. The Labute approximate surface area is 97.6 Å². The van der Waals surface area contributed by atoms with E-state index in [1.54, 1.807) is 0 Å². The van der Waals surface area contributed by atoms with Gasteiger partial charge in [0, 0.05) is 6.04 Å². The SMILES string of the molecule is CC(NC1(C(=O)O)CCCCCC1)C1CC1. The van der Waals surface area contributed by atoms with E-state index >= 15 is 0 Å². The molecule has 92 valence electrons. The number of aliphatic carboxylic acids is 1. The molecule has 0 spiro atoms. The Morgan fingerprint density at radius 1 is 1.25 bits per heavy atom. The molecule has 2 fully saturated rings. The molecule has 0 bridgehead atoms. The van der Waals surface area contributed by atoms with Crippen LogP contribution < -0.4 is 5.32 Å². The lowest BCUT2D eigenvalue weighted by atomic mass is 9.89. The molecule has 0 amide bonds. The van der Waals surface area contributed by atoms with Crippen LogP contribution in [0.5, 0.6) is 0 Å². The molecule has 2 saturated carbocycles. The van der Waals surface area contributed by atoms with E-state index in [2.05, 4.69) is 12.2 Å². The van der Waals surface area contributed by atoms with E-state index in [9.17, 15) is 9.90 Å². The van der Waals surface area contributed by atoms with Crippen molar-refractivity contribution in [2.45, 2.75) is 69.9 Å². The highest BCUT2D eigenvalue weighted by Crippen LogP contribution is 2.35. The highest BCUT2D eigenvalue weighted by molar-refractivity contribution is 5.78. The monoisotopic (exact) mass is 225 g/mol. The van der Waals surface area contributed by atoms with E-state index in [0.717, 1.165) is 31.6 Å². The van der Waals surface area contributed by atoms with Gasteiger partial charge in [0.2, 0.25) is 0 Å². The number of rotatable bonds is 4. The average Bonchev–Trinajstić information content (AvgIpc) is 3.05. The van der Waals surface area contributed by atoms with Crippen LogP contribution in [-0.4, -0.2) is 22.7 Å². The van der Waals surface area contributed by atoms with Crippen LogP contribution >= 0.6 is 0 Å². The highest BCUT2D eigenvalue weighted by atomic mass is 16.4. The number of carboxylic acid groups (broad SMARTS) is 1. The van der Waals surface area contributed by atoms with Crippen LogP contribution in [0.3, 0.4) is 0 Å². The van der Waals surface area contributed by atoms with E-state index in [0.29, 0.717) is 6.04 Å². The van der Waals surface area contributed by atoms with E-state index < -0.39 is 11.5 Å². The minimum atomic E-state index is -0.637. The van der Waals surface area contributed by atoms with Crippen LogP contribution in [0.1, 0.15) is 58.3 Å². The van der Waals surface area contributed by atoms with Crippen LogP contribution in [0.15, 0.2) is 0 Å². The molecule has 2 aliphatic carbocycles. The van der Waals surface area contributed by atoms with Crippen molar-refractivity contribution < 1.29 is 9.90 Å². The fourth-order valence-electron chi connectivity index (χ4n) is 2.90. The molecule has 2 aliphatic rings. The Kier molecular flexibility index (Phi) is 3.53. The zero-order chi connectivity index (χ0) is 11.6. The average molecular weight is 225 g/mol. The first-order valence-corrected chi connectivity index (χ1v) is 6.65. The summed E-state index contributed by atoms with van der Waals surface area (Å²) in [4.78, 5) is 11.5. The summed E-state index contributed by atoms with van der Waals surface area (Å²) in [7, 11) is 0. The van der Waals surface area contributed by atoms with Gasteiger partial charge in [-0.2, -0.15) is 0 Å². The molecular formula is C13H23NO2. The van der Waals surface area contributed by atoms with Gasteiger partial charge in [0.15, 0.2) is 0 Å². The summed E-state index contributed by atoms with van der Waals surface area (Å²) < 4.78 is 0. The Bertz CT molecular complexity index is 253. The zero-order valence-electron chi connectivity index (χ0n) is 10.2. The van der Waals surface area contributed by atoms with Crippen LogP contribution in [0.4, 0.5) is 0 Å². The van der Waals surface area contributed by atoms with Crippen molar-refractivity contribution in [1.29, 1.82) is 0 Å². The topological polar surface area (TPSA) is 49.3 Å². The van der Waals surface area contributed by atoms with Crippen molar-refractivity contribution in [2.75, 3.05) is 0 Å². The molecule has 1 unspecified atom stereocenters. The van der Waals surface area contributed by atoms with Crippen molar-refractivity contribution in [3.05, 3.63) is 0 Å². The first-order chi connectivity index (χ1) is 7.64. The maximum absolute atomic E-state index is 11.5. The third kappa shape index (κ3) is 2.57. The van der Waals surface area contributed by atoms with Gasteiger partial charge in [-0.25, -0.2) is 0 Å². The lowest BCUT2D eigenvalue weighted by Gasteiger charge is -2.33. The molecule has 0 radical (unpaired) electrons. The number of hydrogen-bond acceptors (Lipinski definition) is 2. The Hall–Kier alpha value is -0.570. The van der Waals surface area contributed by atoms with E-state index in [1.807, 2.05) is 0 Å². The summed E-state index contributed by atoms with van der Waals surface area (Å²) >= 11 is 0. The Morgan fingerprint density at radius 2 is 1.81 bits per heavy atom. The van der Waals surface area contributed by atoms with Gasteiger partial charge in [0.05, 0.1) is 0 Å². The molecule has 0 saturated heterocycles. The third-order valence-corrected chi connectivity index (χ3v) is 4.20. The predicted molar refractivity (Wildman–Crippen MR) is 63.4 cm³/mol. The van der Waals surface area contributed by atoms with E-state index in [1.165, 1.54) is 25.7 Å². The van der Waals surface area contributed by atoms with Gasteiger partial charge < -0.3 is 5.11 Å². The Morgan fingerprint density at radius 3 is 2.25 bits per heavy atom. The van der Waals surface area contributed by atoms with Crippen molar-refractivity contribution in [2.24, 2.45) is 5.92 Å². The molecule has 0 aromatic carbocycles. The predicted octanol–water partition coefficient (Wildman–Crippen LogP) is 2.55. The second kappa shape index (κ2) is 4.74. The number of carbonyl (C=O) groups is 1. The molecule has 2 rings (SSSR count). The smallest absolute Gasteiger partial charge is 0.323 e. The zero-order valence-corrected chi connectivity index (χ0v) is 10.2. The second-order valence-corrected chi connectivity index (χ2v) is 5.57. The van der Waals surface area contributed by atoms with Crippen LogP contribution in [0.2, 0.25) is 0 Å². The maximum atomic E-state index is 11.5. The minimum absolute atomic E-state index is 0.370. The first kappa shape index (κ1) is 11.9. The summed E-state index contributed by atoms with van der Waals surface area (Å²) in [5.74, 6) is 0.0846. The van der Waals surface area contributed by atoms with E-state index in [4.69, 9.17) is 0 Å². The lowest BCUT2D eigenvalue weighted by Crippen LogP contribution is -2.55. The highest BCUT2D eigenvalue weighted by Gasteiger charge is 2.42. The second-order valence-electron chi connectivity index (χ2n) is 5.57. The van der Waals surface area contributed by atoms with Crippen LogP contribution in [-0.2, 0) is 4.79 Å². The minimum Gasteiger partial charge on any atom is -0.480 e. The fraction of sp³-hybridized carbons (Fsp3) is 0.923. The normalized spacial score (nSPS) is 27.1. The van der Waals surface area contributed by atoms with Gasteiger partial charge in [-0.05, 0) is 38.5 Å². The first-order valence-electron chi connectivity index (χ1n) is 6.65.